The molecule has 0 aliphatic carbocycles. The molecule has 26 heavy (non-hydrogen) atoms. The van der Waals surface area contributed by atoms with E-state index in [4.69, 9.17) is 22.2 Å². The number of pyridine rings is 1. The Morgan fingerprint density at radius 2 is 1.58 bits per heavy atom. The molecule has 1 aromatic heterocycles. The third kappa shape index (κ3) is 4.88. The zero-order chi connectivity index (χ0) is 18.9. The van der Waals surface area contributed by atoms with Crippen LogP contribution in [0.3, 0.4) is 0 Å². The van der Waals surface area contributed by atoms with Crippen LogP contribution in [0.4, 0.5) is 0 Å². The Morgan fingerprint density at radius 1 is 1.00 bits per heavy atom. The van der Waals surface area contributed by atoms with Crippen LogP contribution in [0, 0.1) is 0 Å². The van der Waals surface area contributed by atoms with Crippen LogP contribution in [0.1, 0.15) is 17.8 Å². The Labute approximate surface area is 154 Å². The number of ether oxygens (including phenoxy) is 3. The van der Waals surface area contributed by atoms with Gasteiger partial charge in [-0.1, -0.05) is 0 Å². The lowest BCUT2D eigenvalue weighted by Gasteiger charge is -2.17. The van der Waals surface area contributed by atoms with Crippen molar-refractivity contribution < 1.29 is 24.4 Å². The van der Waals surface area contributed by atoms with Crippen molar-refractivity contribution in [3.63, 3.8) is 0 Å². The van der Waals surface area contributed by atoms with Gasteiger partial charge in [0.05, 0.1) is 51.0 Å². The van der Waals surface area contributed by atoms with E-state index in [1.54, 1.807) is 38.5 Å². The van der Waals surface area contributed by atoms with Crippen molar-refractivity contribution in [3.8, 4) is 28.4 Å². The largest absolute Gasteiger partial charge is 0.496 e. The number of hydrogen-bond acceptors (Lipinski definition) is 7. The van der Waals surface area contributed by atoms with Gasteiger partial charge in [-0.05, 0) is 30.7 Å². The maximum Gasteiger partial charge on any atom is 0.177 e. The number of aromatic nitrogens is 1. The summed E-state index contributed by atoms with van der Waals surface area (Å²) in [6.45, 7) is 0.676. The Bertz CT molecular complexity index is 679. The number of benzene rings is 1. The Balaban J connectivity index is 2.44. The molecule has 0 unspecified atom stereocenters. The molecule has 7 nitrogen and oxygen atoms in total. The molecule has 0 amide bonds. The van der Waals surface area contributed by atoms with Crippen LogP contribution < -0.4 is 19.4 Å². The molecule has 2 radical (unpaired) electrons. The number of aliphatic hydroxyl groups is 2. The van der Waals surface area contributed by atoms with Crippen LogP contribution in [0.15, 0.2) is 24.3 Å². The van der Waals surface area contributed by atoms with Crippen molar-refractivity contribution in [2.45, 2.75) is 19.6 Å². The summed E-state index contributed by atoms with van der Waals surface area (Å²) in [5, 5.41) is 21.4. The Hall–Kier alpha value is -2.29. The first-order chi connectivity index (χ1) is 12.7. The highest BCUT2D eigenvalue weighted by Gasteiger charge is 2.17. The van der Waals surface area contributed by atoms with Crippen molar-refractivity contribution >= 4 is 7.98 Å². The van der Waals surface area contributed by atoms with E-state index < -0.39 is 0 Å². The third-order valence-electron chi connectivity index (χ3n) is 3.76. The molecular formula is C18H23BN2O5. The van der Waals surface area contributed by atoms with Crippen molar-refractivity contribution in [2.24, 2.45) is 0 Å². The molecule has 3 N–H and O–H groups in total. The van der Waals surface area contributed by atoms with Crippen LogP contribution in [0.2, 0.25) is 0 Å². The van der Waals surface area contributed by atoms with Crippen molar-refractivity contribution in [3.05, 3.63) is 35.7 Å². The van der Waals surface area contributed by atoms with E-state index in [0.29, 0.717) is 47.4 Å². The highest BCUT2D eigenvalue weighted by molar-refractivity contribution is 6.04. The Kier molecular flexibility index (Phi) is 7.71. The van der Waals surface area contributed by atoms with E-state index in [1.165, 1.54) is 0 Å². The molecule has 0 bridgehead atoms. The molecule has 1 heterocycles. The minimum absolute atomic E-state index is 0.234. The second kappa shape index (κ2) is 10.0. The van der Waals surface area contributed by atoms with Crippen molar-refractivity contribution in [2.75, 3.05) is 27.4 Å². The molecule has 0 fully saturated rings. The van der Waals surface area contributed by atoms with Gasteiger partial charge in [0.1, 0.15) is 17.2 Å². The maximum atomic E-state index is 9.43. The number of methoxy groups -OCH3 is 2. The molecule has 2 aromatic rings. The van der Waals surface area contributed by atoms with Gasteiger partial charge in [0.2, 0.25) is 0 Å². The predicted molar refractivity (Wildman–Crippen MR) is 98.5 cm³/mol. The van der Waals surface area contributed by atoms with E-state index in [9.17, 15) is 10.2 Å². The van der Waals surface area contributed by atoms with E-state index in [0.717, 1.165) is 12.0 Å². The fourth-order valence-electron chi connectivity index (χ4n) is 2.58. The molecule has 138 valence electrons. The summed E-state index contributed by atoms with van der Waals surface area (Å²) in [6, 6.07) is 7.00. The quantitative estimate of drug-likeness (QED) is 0.434. The second-order valence-electron chi connectivity index (χ2n) is 5.51. The van der Waals surface area contributed by atoms with Crippen LogP contribution in [0.5, 0.6) is 17.2 Å². The van der Waals surface area contributed by atoms with E-state index in [2.05, 4.69) is 10.2 Å². The summed E-state index contributed by atoms with van der Waals surface area (Å²) < 4.78 is 16.8. The zero-order valence-electron chi connectivity index (χ0n) is 15.0. The standard InChI is InChI=1S/C18H23BN2O5/c1-24-16-8-15(26-5-3-4-20-19)9-17(25-2)18(16)12-6-13(10-22)21-14(7-12)11-23/h6-9,20,22-23H,3-5,10-11H2,1-2H3. The highest BCUT2D eigenvalue weighted by Crippen LogP contribution is 2.42. The molecule has 2 rings (SSSR count). The van der Waals surface area contributed by atoms with Crippen LogP contribution in [-0.4, -0.2) is 50.5 Å². The molecule has 8 heteroatoms. The number of rotatable bonds is 10. The Morgan fingerprint density at radius 3 is 2.04 bits per heavy atom. The lowest BCUT2D eigenvalue weighted by molar-refractivity contribution is 0.265. The van der Waals surface area contributed by atoms with E-state index in [1.807, 2.05) is 0 Å². The van der Waals surface area contributed by atoms with Gasteiger partial charge >= 0.3 is 0 Å². The van der Waals surface area contributed by atoms with Gasteiger partial charge in [0, 0.05) is 12.1 Å². The summed E-state index contributed by atoms with van der Waals surface area (Å²) in [4.78, 5) is 4.16. The van der Waals surface area contributed by atoms with Gasteiger partial charge < -0.3 is 29.7 Å². The van der Waals surface area contributed by atoms with Crippen molar-refractivity contribution in [1.29, 1.82) is 0 Å². The SMILES string of the molecule is [B]NCCCOc1cc(OC)c(-c2cc(CO)nc(CO)c2)c(OC)c1. The predicted octanol–water partition coefficient (Wildman–Crippen LogP) is 1.19. The zero-order valence-corrected chi connectivity index (χ0v) is 15.0. The van der Waals surface area contributed by atoms with Gasteiger partial charge in [0.15, 0.2) is 7.98 Å². The lowest BCUT2D eigenvalue weighted by atomic mass is 10.0. The summed E-state index contributed by atoms with van der Waals surface area (Å²) >= 11 is 0. The topological polar surface area (TPSA) is 93.1 Å². The van der Waals surface area contributed by atoms with E-state index >= 15 is 0 Å². The van der Waals surface area contributed by atoms with E-state index in [-0.39, 0.29) is 13.2 Å². The van der Waals surface area contributed by atoms with Crippen LogP contribution in [-0.2, 0) is 13.2 Å². The first-order valence-corrected chi connectivity index (χ1v) is 8.21. The van der Waals surface area contributed by atoms with Gasteiger partial charge in [-0.15, -0.1) is 0 Å². The van der Waals surface area contributed by atoms with Gasteiger partial charge in [-0.2, -0.15) is 0 Å². The molecule has 0 aliphatic rings. The fourth-order valence-corrected chi connectivity index (χ4v) is 2.58. The number of nitrogens with zero attached hydrogens (tertiary/aromatic N) is 1. The van der Waals surface area contributed by atoms with Gasteiger partial charge in [0.25, 0.3) is 0 Å². The number of nitrogens with one attached hydrogen (secondary N) is 1. The molecule has 0 aliphatic heterocycles. The molecule has 1 aromatic carbocycles. The highest BCUT2D eigenvalue weighted by atomic mass is 16.5. The first kappa shape index (κ1) is 20.0. The minimum Gasteiger partial charge on any atom is -0.496 e. The minimum atomic E-state index is -0.234. The average Bonchev–Trinajstić information content (AvgIpc) is 2.69. The fraction of sp³-hybridized carbons (Fsp3) is 0.389. The smallest absolute Gasteiger partial charge is 0.177 e. The number of hydrogen-bond donors (Lipinski definition) is 3. The molecule has 0 saturated heterocycles. The maximum absolute atomic E-state index is 9.43. The summed E-state index contributed by atoms with van der Waals surface area (Å²) in [5.41, 5.74) is 2.31. The third-order valence-corrected chi connectivity index (χ3v) is 3.76. The summed E-state index contributed by atoms with van der Waals surface area (Å²) in [5.74, 6) is 1.71. The lowest BCUT2D eigenvalue weighted by Crippen LogP contribution is -2.13. The average molecular weight is 358 g/mol. The molecule has 0 spiro atoms. The van der Waals surface area contributed by atoms with Crippen LogP contribution >= 0.6 is 0 Å². The van der Waals surface area contributed by atoms with Crippen molar-refractivity contribution in [1.82, 2.24) is 10.2 Å². The number of aliphatic hydroxyl groups excluding tert-OH is 2. The summed E-state index contributed by atoms with van der Waals surface area (Å²) in [7, 11) is 8.36. The molecule has 0 saturated carbocycles. The second-order valence-corrected chi connectivity index (χ2v) is 5.51. The van der Waals surface area contributed by atoms with Gasteiger partial charge in [-0.25, -0.2) is 0 Å². The summed E-state index contributed by atoms with van der Waals surface area (Å²) in [6.07, 6.45) is 0.757. The first-order valence-electron chi connectivity index (χ1n) is 8.21. The van der Waals surface area contributed by atoms with Crippen LogP contribution in [0.25, 0.3) is 11.1 Å². The molecular weight excluding hydrogens is 335 g/mol. The van der Waals surface area contributed by atoms with Gasteiger partial charge in [-0.3, -0.25) is 4.98 Å². The molecule has 0 atom stereocenters. The monoisotopic (exact) mass is 358 g/mol. The normalized spacial score (nSPS) is 10.6.